The van der Waals surface area contributed by atoms with Gasteiger partial charge in [-0.15, -0.1) is 17.0 Å². The lowest BCUT2D eigenvalue weighted by Gasteiger charge is -2.27. The molecule has 0 saturated carbocycles. The predicted octanol–water partition coefficient (Wildman–Crippen LogP) is 4.44. The highest BCUT2D eigenvalue weighted by atomic mass is 79.9. The van der Waals surface area contributed by atoms with Crippen molar-refractivity contribution in [2.45, 2.75) is 19.3 Å². The number of aliphatic imine (C=N–C) groups is 1. The molecule has 0 atom stereocenters. The largest absolute Gasteiger partial charge is 0.322 e. The summed E-state index contributed by atoms with van der Waals surface area (Å²) in [6, 6.07) is 15.5. The highest BCUT2D eigenvalue weighted by Crippen LogP contribution is 2.20. The second-order valence-corrected chi connectivity index (χ2v) is 5.91. The molecule has 0 aliphatic carbocycles. The number of Topliss-reactive ketones (excluding diaryl/α,β-unsaturated/α-hetero) is 1. The lowest BCUT2D eigenvalue weighted by atomic mass is 10.1. The maximum atomic E-state index is 12.7. The standard InChI is InChI=1S/C19H19N3O3.BrH/c23-18(15-7-6-10-17(13-15)22(24)25)14-21(16-8-2-1-3-9-16)19-11-4-5-12-20-19;/h1-3,6-10,13H,4-5,11-12,14H2;1H. The van der Waals surface area contributed by atoms with Crippen molar-refractivity contribution in [1.82, 2.24) is 0 Å². The molecule has 0 bridgehead atoms. The van der Waals surface area contributed by atoms with Crippen LogP contribution in [0, 0.1) is 10.1 Å². The summed E-state index contributed by atoms with van der Waals surface area (Å²) in [6.45, 7) is 0.883. The molecular weight excluding hydrogens is 398 g/mol. The number of para-hydroxylation sites is 1. The Labute approximate surface area is 162 Å². The van der Waals surface area contributed by atoms with Gasteiger partial charge in [0.25, 0.3) is 5.69 Å². The first-order valence-electron chi connectivity index (χ1n) is 8.29. The number of nitro groups is 1. The minimum Gasteiger partial charge on any atom is -0.322 e. The molecule has 2 aromatic rings. The maximum Gasteiger partial charge on any atom is 0.270 e. The third kappa shape index (κ3) is 4.76. The zero-order chi connectivity index (χ0) is 17.6. The zero-order valence-electron chi connectivity index (χ0n) is 14.2. The molecule has 1 aliphatic rings. The fourth-order valence-electron chi connectivity index (χ4n) is 2.87. The van der Waals surface area contributed by atoms with Crippen molar-refractivity contribution in [3.63, 3.8) is 0 Å². The van der Waals surface area contributed by atoms with Crippen molar-refractivity contribution in [2.75, 3.05) is 18.0 Å². The molecule has 6 nitrogen and oxygen atoms in total. The average Bonchev–Trinajstić information content (AvgIpc) is 2.67. The van der Waals surface area contributed by atoms with Crippen molar-refractivity contribution in [3.05, 3.63) is 70.3 Å². The topological polar surface area (TPSA) is 75.8 Å². The normalized spacial score (nSPS) is 13.3. The fourth-order valence-corrected chi connectivity index (χ4v) is 2.87. The SMILES string of the molecule is Br.O=C(CN(C1=NCCCC1)c1ccccc1)c1cccc([N+](=O)[O-])c1. The van der Waals surface area contributed by atoms with Gasteiger partial charge < -0.3 is 4.90 Å². The van der Waals surface area contributed by atoms with Gasteiger partial charge in [0.15, 0.2) is 5.78 Å². The van der Waals surface area contributed by atoms with Crippen LogP contribution in [0.4, 0.5) is 11.4 Å². The fraction of sp³-hybridized carbons (Fsp3) is 0.263. The van der Waals surface area contributed by atoms with E-state index in [9.17, 15) is 14.9 Å². The zero-order valence-corrected chi connectivity index (χ0v) is 15.9. The van der Waals surface area contributed by atoms with Crippen molar-refractivity contribution >= 4 is 40.0 Å². The molecular formula is C19H20BrN3O3. The smallest absolute Gasteiger partial charge is 0.270 e. The van der Waals surface area contributed by atoms with Crippen molar-refractivity contribution in [1.29, 1.82) is 0 Å². The second kappa shape index (κ2) is 9.24. The Balaban J connectivity index is 0.00000243. The summed E-state index contributed by atoms with van der Waals surface area (Å²) in [5.41, 5.74) is 1.17. The van der Waals surface area contributed by atoms with Crippen LogP contribution >= 0.6 is 17.0 Å². The molecule has 7 heteroatoms. The van der Waals surface area contributed by atoms with Gasteiger partial charge in [-0.25, -0.2) is 0 Å². The van der Waals surface area contributed by atoms with Gasteiger partial charge in [0.1, 0.15) is 5.84 Å². The minimum atomic E-state index is -0.489. The summed E-state index contributed by atoms with van der Waals surface area (Å²) >= 11 is 0. The van der Waals surface area contributed by atoms with Gasteiger partial charge in [-0.05, 0) is 25.0 Å². The Bertz CT molecular complexity index is 809. The number of hydrogen-bond acceptors (Lipinski definition) is 5. The Hall–Kier alpha value is -2.54. The van der Waals surface area contributed by atoms with Crippen molar-refractivity contribution in [2.24, 2.45) is 4.99 Å². The lowest BCUT2D eigenvalue weighted by molar-refractivity contribution is -0.384. The number of halogens is 1. The maximum absolute atomic E-state index is 12.7. The number of rotatable bonds is 5. The van der Waals surface area contributed by atoms with E-state index in [0.717, 1.165) is 37.3 Å². The summed E-state index contributed by atoms with van der Waals surface area (Å²) < 4.78 is 0. The molecule has 0 N–H and O–H groups in total. The molecule has 0 radical (unpaired) electrons. The van der Waals surface area contributed by atoms with Crippen LogP contribution in [0.3, 0.4) is 0 Å². The molecule has 26 heavy (non-hydrogen) atoms. The third-order valence-corrected chi connectivity index (χ3v) is 4.16. The molecule has 1 aliphatic heterocycles. The van der Waals surface area contributed by atoms with Crippen LogP contribution < -0.4 is 4.90 Å². The van der Waals surface area contributed by atoms with Crippen LogP contribution in [-0.4, -0.2) is 29.6 Å². The molecule has 0 aromatic heterocycles. The van der Waals surface area contributed by atoms with E-state index in [4.69, 9.17) is 0 Å². The summed E-state index contributed by atoms with van der Waals surface area (Å²) in [5.74, 6) is 0.733. The number of anilines is 1. The van der Waals surface area contributed by atoms with Gasteiger partial charge in [0.2, 0.25) is 0 Å². The van der Waals surface area contributed by atoms with E-state index < -0.39 is 4.92 Å². The third-order valence-electron chi connectivity index (χ3n) is 4.16. The van der Waals surface area contributed by atoms with E-state index in [1.54, 1.807) is 6.07 Å². The number of carbonyl (C=O) groups is 1. The lowest BCUT2D eigenvalue weighted by Crippen LogP contribution is -2.37. The highest BCUT2D eigenvalue weighted by Gasteiger charge is 2.20. The molecule has 0 amide bonds. The Kier molecular flexibility index (Phi) is 7.03. The van der Waals surface area contributed by atoms with Crippen LogP contribution in [0.15, 0.2) is 59.6 Å². The molecule has 0 saturated heterocycles. The highest BCUT2D eigenvalue weighted by molar-refractivity contribution is 8.93. The second-order valence-electron chi connectivity index (χ2n) is 5.91. The quantitative estimate of drug-likeness (QED) is 0.409. The van der Waals surface area contributed by atoms with Gasteiger partial charge in [0, 0.05) is 36.3 Å². The van der Waals surface area contributed by atoms with Crippen molar-refractivity contribution in [3.8, 4) is 0 Å². The number of benzene rings is 2. The van der Waals surface area contributed by atoms with Crippen LogP contribution in [0.2, 0.25) is 0 Å². The van der Waals surface area contributed by atoms with E-state index in [1.165, 1.54) is 18.2 Å². The number of carbonyl (C=O) groups excluding carboxylic acids is 1. The Morgan fingerprint density at radius 1 is 1.12 bits per heavy atom. The number of nitrogens with zero attached hydrogens (tertiary/aromatic N) is 3. The van der Waals surface area contributed by atoms with Gasteiger partial charge >= 0.3 is 0 Å². The van der Waals surface area contributed by atoms with Crippen LogP contribution in [-0.2, 0) is 0 Å². The first-order chi connectivity index (χ1) is 12.1. The minimum absolute atomic E-state index is 0. The monoisotopic (exact) mass is 417 g/mol. The summed E-state index contributed by atoms with van der Waals surface area (Å²) in [6.07, 6.45) is 2.94. The molecule has 2 aromatic carbocycles. The van der Waals surface area contributed by atoms with Gasteiger partial charge in [-0.3, -0.25) is 19.9 Å². The van der Waals surface area contributed by atoms with Crippen molar-refractivity contribution < 1.29 is 9.72 Å². The van der Waals surface area contributed by atoms with Gasteiger partial charge in [-0.1, -0.05) is 30.3 Å². The van der Waals surface area contributed by atoms with Crippen LogP contribution in [0.5, 0.6) is 0 Å². The number of nitro benzene ring substituents is 1. The molecule has 1 heterocycles. The summed E-state index contributed by atoms with van der Waals surface area (Å²) in [4.78, 5) is 29.7. The van der Waals surface area contributed by atoms with Gasteiger partial charge in [0.05, 0.1) is 11.5 Å². The number of amidine groups is 1. The van der Waals surface area contributed by atoms with E-state index in [2.05, 4.69) is 4.99 Å². The van der Waals surface area contributed by atoms with Crippen LogP contribution in [0.1, 0.15) is 29.6 Å². The van der Waals surface area contributed by atoms with Gasteiger partial charge in [-0.2, -0.15) is 0 Å². The summed E-state index contributed by atoms with van der Waals surface area (Å²) in [7, 11) is 0. The summed E-state index contributed by atoms with van der Waals surface area (Å²) in [5, 5.41) is 10.9. The number of ketones is 1. The van der Waals surface area contributed by atoms with E-state index in [-0.39, 0.29) is 35.0 Å². The molecule has 136 valence electrons. The molecule has 0 fully saturated rings. The molecule has 3 rings (SSSR count). The number of hydrogen-bond donors (Lipinski definition) is 0. The van der Waals surface area contributed by atoms with E-state index in [0.29, 0.717) is 5.56 Å². The van der Waals surface area contributed by atoms with E-state index >= 15 is 0 Å². The molecule has 0 unspecified atom stereocenters. The average molecular weight is 418 g/mol. The molecule has 0 spiro atoms. The Morgan fingerprint density at radius 2 is 1.88 bits per heavy atom. The predicted molar refractivity (Wildman–Crippen MR) is 108 cm³/mol. The Morgan fingerprint density at radius 3 is 2.54 bits per heavy atom. The van der Waals surface area contributed by atoms with E-state index in [1.807, 2.05) is 35.2 Å². The first kappa shape index (κ1) is 19.8. The first-order valence-corrected chi connectivity index (χ1v) is 8.29. The van der Waals surface area contributed by atoms with Crippen LogP contribution in [0.25, 0.3) is 0 Å². The number of non-ortho nitro benzene ring substituents is 1.